The first-order chi connectivity index (χ1) is 21.2. The highest BCUT2D eigenvalue weighted by molar-refractivity contribution is 5.94. The molecule has 1 aliphatic heterocycles. The van der Waals surface area contributed by atoms with Gasteiger partial charge in [-0.2, -0.15) is 0 Å². The predicted octanol–water partition coefficient (Wildman–Crippen LogP) is 6.99. The van der Waals surface area contributed by atoms with Gasteiger partial charge in [-0.3, -0.25) is 14.5 Å². The minimum Gasteiger partial charge on any atom is -0.496 e. The van der Waals surface area contributed by atoms with Crippen LogP contribution in [0.2, 0.25) is 0 Å². The third-order valence-electron chi connectivity index (χ3n) is 7.58. The monoisotopic (exact) mass is 611 g/mol. The van der Waals surface area contributed by atoms with Crippen LogP contribution in [-0.2, 0) is 20.7 Å². The largest absolute Gasteiger partial charge is 0.496 e. The third kappa shape index (κ3) is 12.1. The second kappa shape index (κ2) is 21.1. The molecule has 0 radical (unpaired) electrons. The molecular formula is C35H53N3O6. The molecule has 0 saturated carbocycles. The number of benzene rings is 1. The summed E-state index contributed by atoms with van der Waals surface area (Å²) in [5, 5.41) is 7.51. The molecule has 244 valence electrons. The lowest BCUT2D eigenvalue weighted by atomic mass is 9.96. The maximum atomic E-state index is 12.6. The van der Waals surface area contributed by atoms with Gasteiger partial charge in [0.2, 0.25) is 0 Å². The molecule has 1 aliphatic rings. The second-order valence-corrected chi connectivity index (χ2v) is 10.9. The number of hydrogen-bond acceptors (Lipinski definition) is 9. The molecule has 3 rings (SSSR count). The maximum Gasteiger partial charge on any atom is 0.183 e. The Morgan fingerprint density at radius 2 is 1.95 bits per heavy atom. The number of likely N-dealkylation sites (tertiary alicyclic amines) is 1. The first-order valence-electron chi connectivity index (χ1n) is 15.5. The summed E-state index contributed by atoms with van der Waals surface area (Å²) in [4.78, 5) is 34.1. The van der Waals surface area contributed by atoms with Crippen molar-refractivity contribution in [2.75, 3.05) is 27.3 Å². The lowest BCUT2D eigenvalue weighted by Gasteiger charge is -2.20. The number of methoxy groups -OCH3 is 1. The van der Waals surface area contributed by atoms with Crippen LogP contribution in [0.4, 0.5) is 0 Å². The van der Waals surface area contributed by atoms with Crippen molar-refractivity contribution >= 4 is 18.4 Å². The Bertz CT molecular complexity index is 1190. The number of ketones is 2. The maximum absolute atomic E-state index is 12.6. The van der Waals surface area contributed by atoms with E-state index in [2.05, 4.69) is 42.8 Å². The van der Waals surface area contributed by atoms with E-state index in [9.17, 15) is 9.59 Å². The summed E-state index contributed by atoms with van der Waals surface area (Å²) in [6, 6.07) is 7.59. The van der Waals surface area contributed by atoms with Gasteiger partial charge >= 0.3 is 0 Å². The number of carbonyl (C=O) groups is 3. The van der Waals surface area contributed by atoms with Crippen molar-refractivity contribution in [3.63, 3.8) is 0 Å². The van der Waals surface area contributed by atoms with Crippen LogP contribution in [-0.4, -0.2) is 61.8 Å². The van der Waals surface area contributed by atoms with Crippen molar-refractivity contribution < 1.29 is 28.4 Å². The summed E-state index contributed by atoms with van der Waals surface area (Å²) in [5.41, 5.74) is 2.84. The highest BCUT2D eigenvalue weighted by Gasteiger charge is 2.27. The van der Waals surface area contributed by atoms with E-state index in [1.807, 2.05) is 51.0 Å². The van der Waals surface area contributed by atoms with Gasteiger partial charge < -0.3 is 24.1 Å². The molecule has 0 spiro atoms. The number of nitrogens with zero attached hydrogens (tertiary/aromatic N) is 2. The first-order valence-corrected chi connectivity index (χ1v) is 15.5. The van der Waals surface area contributed by atoms with Crippen LogP contribution in [0.25, 0.3) is 0 Å². The zero-order valence-electron chi connectivity index (χ0n) is 27.8. The highest BCUT2D eigenvalue weighted by atomic mass is 16.5. The summed E-state index contributed by atoms with van der Waals surface area (Å²) >= 11 is 0. The van der Waals surface area contributed by atoms with E-state index < -0.39 is 6.04 Å². The van der Waals surface area contributed by atoms with Crippen molar-refractivity contribution in [2.24, 2.45) is 0 Å². The molecule has 44 heavy (non-hydrogen) atoms. The molecule has 9 nitrogen and oxygen atoms in total. The fourth-order valence-corrected chi connectivity index (χ4v) is 4.96. The smallest absolute Gasteiger partial charge is 0.183 e. The van der Waals surface area contributed by atoms with E-state index in [0.717, 1.165) is 49.4 Å². The molecular weight excluding hydrogens is 558 g/mol. The lowest BCUT2D eigenvalue weighted by Crippen LogP contribution is -2.38. The normalized spacial score (nSPS) is 16.0. The van der Waals surface area contributed by atoms with Crippen LogP contribution in [0.1, 0.15) is 112 Å². The quantitative estimate of drug-likeness (QED) is 0.122. The van der Waals surface area contributed by atoms with E-state index in [4.69, 9.17) is 18.8 Å². The minimum atomic E-state index is -0.394. The fraction of sp³-hybridized carbons (Fsp3) is 0.543. The number of nitrogens with one attached hydrogen (secondary N) is 1. The number of aromatic nitrogens is 1. The van der Waals surface area contributed by atoms with E-state index in [0.29, 0.717) is 42.9 Å². The molecule has 1 N–H and O–H groups in total. The number of allylic oxidation sites excluding steroid dienone is 1. The number of rotatable bonds is 16. The highest BCUT2D eigenvalue weighted by Crippen LogP contribution is 2.31. The van der Waals surface area contributed by atoms with Crippen LogP contribution in [0.3, 0.4) is 0 Å². The average molecular weight is 612 g/mol. The van der Waals surface area contributed by atoms with E-state index >= 15 is 0 Å². The standard InChI is InChI=1S/C21H33N3O3.C13H18O2.CH2O/c1-5-9-20(25)18(22-21(10-6-2)26-13-7-3)15-16-14-17(23-27-16)19-11-8-12-24(19)4;1-5-9(2)12-7-6-11(10(3)14)8-13(12)15-4;1-2/h7,10,14,18-19,22H,3,5-6,8-9,11-13,15H2,1-2,4H3;6-9H,5H2,1-4H3;1H2. The third-order valence-corrected chi connectivity index (χ3v) is 7.58. The Hall–Kier alpha value is -3.72. The Balaban J connectivity index is 0.000000481. The van der Waals surface area contributed by atoms with Gasteiger partial charge in [-0.05, 0) is 76.2 Å². The van der Waals surface area contributed by atoms with Gasteiger partial charge in [-0.15, -0.1) is 0 Å². The molecule has 1 aromatic carbocycles. The molecule has 3 unspecified atom stereocenters. The topological polar surface area (TPSA) is 111 Å². The molecule has 9 heteroatoms. The summed E-state index contributed by atoms with van der Waals surface area (Å²) in [7, 11) is 3.76. The van der Waals surface area contributed by atoms with Gasteiger partial charge in [0.15, 0.2) is 17.4 Å². The summed E-state index contributed by atoms with van der Waals surface area (Å²) in [5.74, 6) is 2.84. The minimum absolute atomic E-state index is 0.0731. The van der Waals surface area contributed by atoms with Gasteiger partial charge in [0.05, 0.1) is 19.2 Å². The van der Waals surface area contributed by atoms with Crippen molar-refractivity contribution in [2.45, 2.75) is 97.6 Å². The van der Waals surface area contributed by atoms with Crippen LogP contribution < -0.4 is 10.1 Å². The fourth-order valence-electron chi connectivity index (χ4n) is 4.96. The van der Waals surface area contributed by atoms with Crippen LogP contribution in [0.15, 0.2) is 53.4 Å². The lowest BCUT2D eigenvalue weighted by molar-refractivity contribution is -0.121. The Kier molecular flexibility index (Phi) is 18.3. The van der Waals surface area contributed by atoms with Crippen molar-refractivity contribution in [1.29, 1.82) is 0 Å². The van der Waals surface area contributed by atoms with Crippen molar-refractivity contribution in [3.05, 3.63) is 71.5 Å². The van der Waals surface area contributed by atoms with E-state index in [1.165, 1.54) is 12.0 Å². The molecule has 1 saturated heterocycles. The Morgan fingerprint density at radius 3 is 2.50 bits per heavy atom. The van der Waals surface area contributed by atoms with Crippen molar-refractivity contribution in [3.8, 4) is 5.75 Å². The summed E-state index contributed by atoms with van der Waals surface area (Å²) in [6.45, 7) is 17.1. The molecule has 2 heterocycles. The van der Waals surface area contributed by atoms with Crippen molar-refractivity contribution in [1.82, 2.24) is 15.4 Å². The summed E-state index contributed by atoms with van der Waals surface area (Å²) in [6.07, 6.45) is 9.57. The SMILES string of the molecule is C=CCOC(=CCC)NC(Cc1cc(C2CCCN2C)no1)C(=O)CCC.C=O.CCC(C)c1ccc(C(C)=O)cc1OC. The molecule has 2 aromatic rings. The second-order valence-electron chi connectivity index (χ2n) is 10.9. The Morgan fingerprint density at radius 1 is 1.23 bits per heavy atom. The predicted molar refractivity (Wildman–Crippen MR) is 175 cm³/mol. The first kappa shape index (κ1) is 38.3. The van der Waals surface area contributed by atoms with Gasteiger partial charge in [-0.25, -0.2) is 0 Å². The zero-order valence-corrected chi connectivity index (χ0v) is 27.8. The number of carbonyl (C=O) groups excluding carboxylic acids is 3. The molecule has 0 aliphatic carbocycles. The molecule has 1 aromatic heterocycles. The Labute approximate surface area is 264 Å². The number of Topliss-reactive ketones (excluding diaryl/α,β-unsaturated/α-hetero) is 2. The van der Waals surface area contributed by atoms with Gasteiger partial charge in [0.25, 0.3) is 0 Å². The zero-order chi connectivity index (χ0) is 33.1. The van der Waals surface area contributed by atoms with Crippen LogP contribution in [0.5, 0.6) is 5.75 Å². The van der Waals surface area contributed by atoms with Crippen LogP contribution in [0, 0.1) is 0 Å². The molecule has 3 atom stereocenters. The molecule has 0 bridgehead atoms. The van der Waals surface area contributed by atoms with Gasteiger partial charge in [0.1, 0.15) is 30.6 Å². The summed E-state index contributed by atoms with van der Waals surface area (Å²) < 4.78 is 16.5. The molecule has 0 amide bonds. The molecule has 1 fully saturated rings. The number of ether oxygens (including phenoxy) is 2. The number of hydrogen-bond donors (Lipinski definition) is 1. The van der Waals surface area contributed by atoms with Gasteiger partial charge in [0, 0.05) is 24.5 Å². The van der Waals surface area contributed by atoms with E-state index in [-0.39, 0.29) is 11.6 Å². The van der Waals surface area contributed by atoms with Crippen LogP contribution >= 0.6 is 0 Å². The van der Waals surface area contributed by atoms with Gasteiger partial charge in [-0.1, -0.05) is 57.6 Å². The average Bonchev–Trinajstić information content (AvgIpc) is 3.68. The van der Waals surface area contributed by atoms with E-state index in [1.54, 1.807) is 20.1 Å².